The topological polar surface area (TPSA) is 83.8 Å². The van der Waals surface area contributed by atoms with Crippen molar-refractivity contribution in [2.75, 3.05) is 50.8 Å². The van der Waals surface area contributed by atoms with E-state index in [2.05, 4.69) is 19.8 Å². The summed E-state index contributed by atoms with van der Waals surface area (Å²) in [7, 11) is 0. The van der Waals surface area contributed by atoms with Crippen molar-refractivity contribution < 1.29 is 27.8 Å². The number of aryl methyl sites for hydroxylation is 1. The number of nitrogens with zero attached hydrogens (tertiary/aromatic N) is 5. The van der Waals surface area contributed by atoms with E-state index in [1.807, 2.05) is 6.92 Å². The van der Waals surface area contributed by atoms with Crippen LogP contribution in [-0.2, 0) is 11.2 Å². The normalized spacial score (nSPS) is 24.2. The van der Waals surface area contributed by atoms with Crippen molar-refractivity contribution >= 4 is 27.5 Å². The quantitative estimate of drug-likeness (QED) is 0.240. The van der Waals surface area contributed by atoms with Crippen LogP contribution < -0.4 is 9.64 Å². The fourth-order valence-electron chi connectivity index (χ4n) is 7.68. The largest absolute Gasteiger partial charge is 0.508 e. The molecule has 1 saturated carbocycles. The van der Waals surface area contributed by atoms with E-state index >= 15 is 4.39 Å². The highest BCUT2D eigenvalue weighted by Crippen LogP contribution is 2.47. The van der Waals surface area contributed by atoms with Crippen molar-refractivity contribution in [1.29, 1.82) is 0 Å². The van der Waals surface area contributed by atoms with Crippen LogP contribution in [0.5, 0.6) is 11.8 Å². The first-order valence-electron chi connectivity index (χ1n) is 16.4. The van der Waals surface area contributed by atoms with Gasteiger partial charge in [-0.3, -0.25) is 9.88 Å². The lowest BCUT2D eigenvalue weighted by molar-refractivity contribution is -0.151. The molecule has 1 unspecified atom stereocenters. The number of halogens is 3. The molecule has 4 aromatic rings. The van der Waals surface area contributed by atoms with Gasteiger partial charge in [-0.15, -0.1) is 0 Å². The fraction of sp³-hybridized carbons (Fsp3) is 0.514. The van der Waals surface area contributed by atoms with E-state index in [9.17, 15) is 13.9 Å². The second-order valence-electron chi connectivity index (χ2n) is 13.7. The standard InChI is InChI=1S/C35H38F3N5O3/c1-2-24-27(37)5-4-21-14-23(44)15-25(28(21)24)30-29(38)31-26(16-39-30)32(43-11-3-7-35(19-43)10-13-46-35)41-33(40-31)45-20-34(8-9-34)18-42-12-6-22(36)17-42/h4-5,14-16,22,44H,2-3,6-13,17-20H2,1H3/t22?,35-/m0/s1. The summed E-state index contributed by atoms with van der Waals surface area (Å²) in [5.74, 6) is -0.623. The zero-order valence-corrected chi connectivity index (χ0v) is 26.0. The molecule has 1 N–H and O–H groups in total. The number of rotatable bonds is 8. The van der Waals surface area contributed by atoms with Crippen molar-refractivity contribution in [3.63, 3.8) is 0 Å². The first-order valence-corrected chi connectivity index (χ1v) is 16.4. The minimum Gasteiger partial charge on any atom is -0.508 e. The Bertz CT molecular complexity index is 1830. The van der Waals surface area contributed by atoms with Gasteiger partial charge in [0.1, 0.15) is 34.8 Å². The molecule has 46 heavy (non-hydrogen) atoms. The van der Waals surface area contributed by atoms with Gasteiger partial charge in [-0.05, 0) is 73.1 Å². The molecule has 11 heteroatoms. The number of ether oxygens (including phenoxy) is 2. The molecule has 0 radical (unpaired) electrons. The zero-order chi connectivity index (χ0) is 31.6. The van der Waals surface area contributed by atoms with E-state index in [1.165, 1.54) is 12.1 Å². The number of phenolic OH excluding ortho intramolecular Hbond substituents is 1. The maximum atomic E-state index is 16.8. The van der Waals surface area contributed by atoms with E-state index in [1.54, 1.807) is 18.3 Å². The molecule has 2 aromatic heterocycles. The number of hydrogen-bond acceptors (Lipinski definition) is 8. The Balaban J connectivity index is 1.22. The highest BCUT2D eigenvalue weighted by atomic mass is 19.1. The van der Waals surface area contributed by atoms with Crippen LogP contribution in [0.2, 0.25) is 0 Å². The molecule has 4 aliphatic rings. The summed E-state index contributed by atoms with van der Waals surface area (Å²) in [6, 6.07) is 5.99. The Labute approximate surface area is 265 Å². The van der Waals surface area contributed by atoms with Gasteiger partial charge in [-0.1, -0.05) is 13.0 Å². The number of anilines is 1. The summed E-state index contributed by atoms with van der Waals surface area (Å²) < 4.78 is 57.9. The second-order valence-corrected chi connectivity index (χ2v) is 13.7. The SMILES string of the molecule is CCc1c(F)ccc2cc(O)cc(-c3ncc4c(N5CCC[C@]6(CCO6)C5)nc(OCC5(CN6CCC(F)C6)CC5)nc4c3F)c12. The first-order chi connectivity index (χ1) is 22.3. The molecule has 5 heterocycles. The lowest BCUT2D eigenvalue weighted by Gasteiger charge is -2.48. The van der Waals surface area contributed by atoms with Crippen molar-refractivity contribution in [3.05, 3.63) is 47.7 Å². The number of alkyl halides is 1. The Morgan fingerprint density at radius 2 is 1.96 bits per heavy atom. The van der Waals surface area contributed by atoms with Gasteiger partial charge in [0.25, 0.3) is 0 Å². The third-order valence-electron chi connectivity index (χ3n) is 10.4. The molecule has 3 aliphatic heterocycles. The second kappa shape index (κ2) is 11.2. The van der Waals surface area contributed by atoms with Gasteiger partial charge in [0, 0.05) is 56.3 Å². The van der Waals surface area contributed by atoms with Gasteiger partial charge < -0.3 is 19.5 Å². The van der Waals surface area contributed by atoms with Gasteiger partial charge in [0.2, 0.25) is 0 Å². The number of aromatic nitrogens is 3. The molecule has 8 rings (SSSR count). The smallest absolute Gasteiger partial charge is 0.319 e. The summed E-state index contributed by atoms with van der Waals surface area (Å²) in [5.41, 5.74) is 0.408. The van der Waals surface area contributed by atoms with Gasteiger partial charge >= 0.3 is 6.01 Å². The molecule has 0 amide bonds. The molecule has 2 atom stereocenters. The van der Waals surface area contributed by atoms with Gasteiger partial charge in [0.15, 0.2) is 5.82 Å². The minimum absolute atomic E-state index is 0.0322. The summed E-state index contributed by atoms with van der Waals surface area (Å²) in [4.78, 5) is 18.3. The Morgan fingerprint density at radius 3 is 2.67 bits per heavy atom. The summed E-state index contributed by atoms with van der Waals surface area (Å²) in [6.45, 7) is 6.22. The molecule has 1 aliphatic carbocycles. The summed E-state index contributed by atoms with van der Waals surface area (Å²) >= 11 is 0. The van der Waals surface area contributed by atoms with Crippen LogP contribution in [0.25, 0.3) is 32.9 Å². The number of hydrogen-bond donors (Lipinski definition) is 1. The average Bonchev–Trinajstić information content (AvgIpc) is 3.69. The minimum atomic E-state index is -0.782. The maximum absolute atomic E-state index is 16.8. The molecular weight excluding hydrogens is 595 g/mol. The molecule has 3 saturated heterocycles. The highest BCUT2D eigenvalue weighted by Gasteiger charge is 2.46. The Kier molecular flexibility index (Phi) is 7.24. The van der Waals surface area contributed by atoms with Crippen LogP contribution in [-0.4, -0.2) is 82.7 Å². The van der Waals surface area contributed by atoms with Gasteiger partial charge in [-0.2, -0.15) is 9.97 Å². The fourth-order valence-corrected chi connectivity index (χ4v) is 7.68. The number of phenols is 1. The molecule has 8 nitrogen and oxygen atoms in total. The molecular formula is C35H38F3N5O3. The van der Waals surface area contributed by atoms with Crippen LogP contribution in [0.3, 0.4) is 0 Å². The van der Waals surface area contributed by atoms with Gasteiger partial charge in [-0.25, -0.2) is 13.2 Å². The lowest BCUT2D eigenvalue weighted by atomic mass is 9.86. The number of pyridine rings is 1. The van der Waals surface area contributed by atoms with Gasteiger partial charge in [0.05, 0.1) is 24.2 Å². The van der Waals surface area contributed by atoms with Crippen molar-refractivity contribution in [1.82, 2.24) is 19.9 Å². The monoisotopic (exact) mass is 633 g/mol. The van der Waals surface area contributed by atoms with E-state index in [4.69, 9.17) is 14.5 Å². The Hall–Kier alpha value is -3.70. The van der Waals surface area contributed by atoms with E-state index in [0.29, 0.717) is 65.6 Å². The van der Waals surface area contributed by atoms with E-state index in [-0.39, 0.29) is 34.0 Å². The van der Waals surface area contributed by atoms with E-state index < -0.39 is 17.8 Å². The predicted octanol–water partition coefficient (Wildman–Crippen LogP) is 6.35. The number of piperidine rings is 1. The Morgan fingerprint density at radius 1 is 1.11 bits per heavy atom. The number of benzene rings is 2. The molecule has 4 fully saturated rings. The first kappa shape index (κ1) is 29.7. The summed E-state index contributed by atoms with van der Waals surface area (Å²) in [6.07, 6.45) is 6.50. The molecule has 0 bridgehead atoms. The molecule has 1 spiro atoms. The van der Waals surface area contributed by atoms with Crippen LogP contribution in [0.1, 0.15) is 51.0 Å². The number of aromatic hydroxyl groups is 1. The van der Waals surface area contributed by atoms with E-state index in [0.717, 1.165) is 58.3 Å². The highest BCUT2D eigenvalue weighted by molar-refractivity contribution is 6.01. The van der Waals surface area contributed by atoms with Crippen molar-refractivity contribution in [2.45, 2.75) is 63.6 Å². The lowest BCUT2D eigenvalue weighted by Crippen LogP contribution is -2.56. The predicted molar refractivity (Wildman–Crippen MR) is 169 cm³/mol. The van der Waals surface area contributed by atoms with Crippen molar-refractivity contribution in [2.24, 2.45) is 5.41 Å². The van der Waals surface area contributed by atoms with Crippen LogP contribution >= 0.6 is 0 Å². The molecule has 2 aromatic carbocycles. The third kappa shape index (κ3) is 5.21. The third-order valence-corrected chi connectivity index (χ3v) is 10.4. The van der Waals surface area contributed by atoms with Crippen LogP contribution in [0.4, 0.5) is 19.0 Å². The zero-order valence-electron chi connectivity index (χ0n) is 26.0. The molecule has 242 valence electrons. The van der Waals surface area contributed by atoms with Crippen LogP contribution in [0.15, 0.2) is 30.5 Å². The summed E-state index contributed by atoms with van der Waals surface area (Å²) in [5, 5.41) is 12.1. The number of fused-ring (bicyclic) bond motifs is 2. The number of likely N-dealkylation sites (tertiary alicyclic amines) is 1. The van der Waals surface area contributed by atoms with Crippen LogP contribution in [0, 0.1) is 17.0 Å². The van der Waals surface area contributed by atoms with Crippen molar-refractivity contribution in [3.8, 4) is 23.0 Å². The maximum Gasteiger partial charge on any atom is 0.319 e. The average molecular weight is 634 g/mol.